The van der Waals surface area contributed by atoms with E-state index in [1.807, 2.05) is 13.8 Å². The number of nitrogens with zero attached hydrogens (tertiary/aromatic N) is 1. The molecule has 1 aromatic carbocycles. The molecule has 0 saturated heterocycles. The summed E-state index contributed by atoms with van der Waals surface area (Å²) in [5, 5.41) is 0. The van der Waals surface area contributed by atoms with Crippen molar-refractivity contribution in [2.24, 2.45) is 5.92 Å². The standard InChI is InChI=1S/C12H18BrFN2O2S/c1-4-16(7-8(2)3)19(17,18)12-5-9(13)10(14)6-11(12)15/h5-6,8H,4,7,15H2,1-3H3. The van der Waals surface area contributed by atoms with E-state index in [1.165, 1.54) is 10.4 Å². The molecule has 1 aromatic rings. The van der Waals surface area contributed by atoms with Crippen molar-refractivity contribution in [2.45, 2.75) is 25.7 Å². The number of hydrogen-bond donors (Lipinski definition) is 1. The highest BCUT2D eigenvalue weighted by atomic mass is 79.9. The smallest absolute Gasteiger partial charge is 0.245 e. The number of rotatable bonds is 5. The molecule has 0 spiro atoms. The Morgan fingerprint density at radius 2 is 2.00 bits per heavy atom. The van der Waals surface area contributed by atoms with Crippen molar-refractivity contribution in [2.75, 3.05) is 18.8 Å². The Labute approximate surface area is 122 Å². The minimum atomic E-state index is -3.70. The third kappa shape index (κ3) is 3.67. The quantitative estimate of drug-likeness (QED) is 0.828. The number of nitrogen functional groups attached to an aromatic ring is 1. The number of anilines is 1. The predicted molar refractivity (Wildman–Crippen MR) is 77.8 cm³/mol. The number of sulfonamides is 1. The monoisotopic (exact) mass is 352 g/mol. The maximum Gasteiger partial charge on any atom is 0.245 e. The molecule has 0 unspecified atom stereocenters. The molecule has 4 nitrogen and oxygen atoms in total. The van der Waals surface area contributed by atoms with Crippen LogP contribution in [0.5, 0.6) is 0 Å². The minimum absolute atomic E-state index is 0.0664. The largest absolute Gasteiger partial charge is 0.398 e. The second-order valence-corrected chi connectivity index (χ2v) is 7.41. The van der Waals surface area contributed by atoms with Crippen molar-refractivity contribution in [1.29, 1.82) is 0 Å². The minimum Gasteiger partial charge on any atom is -0.398 e. The Kier molecular flexibility index (Phi) is 5.34. The second kappa shape index (κ2) is 6.19. The highest BCUT2D eigenvalue weighted by Gasteiger charge is 2.26. The number of halogens is 2. The molecule has 1 rings (SSSR count). The predicted octanol–water partition coefficient (Wildman–Crippen LogP) is 2.84. The van der Waals surface area contributed by atoms with Gasteiger partial charge in [0, 0.05) is 13.1 Å². The highest BCUT2D eigenvalue weighted by Crippen LogP contribution is 2.28. The van der Waals surface area contributed by atoms with Gasteiger partial charge < -0.3 is 5.73 Å². The summed E-state index contributed by atoms with van der Waals surface area (Å²) in [6.07, 6.45) is 0. The van der Waals surface area contributed by atoms with E-state index < -0.39 is 15.8 Å². The first-order chi connectivity index (χ1) is 8.70. The first kappa shape index (κ1) is 16.4. The summed E-state index contributed by atoms with van der Waals surface area (Å²) >= 11 is 2.98. The van der Waals surface area contributed by atoms with Crippen LogP contribution in [-0.4, -0.2) is 25.8 Å². The molecule has 0 aliphatic rings. The molecule has 0 heterocycles. The molecule has 19 heavy (non-hydrogen) atoms. The first-order valence-electron chi connectivity index (χ1n) is 5.94. The van der Waals surface area contributed by atoms with Crippen LogP contribution in [0.25, 0.3) is 0 Å². The van der Waals surface area contributed by atoms with Gasteiger partial charge in [0.25, 0.3) is 0 Å². The Morgan fingerprint density at radius 3 is 2.47 bits per heavy atom. The van der Waals surface area contributed by atoms with Gasteiger partial charge in [0.2, 0.25) is 10.0 Å². The van der Waals surface area contributed by atoms with Crippen LogP contribution in [0.4, 0.5) is 10.1 Å². The fourth-order valence-electron chi connectivity index (χ4n) is 1.71. The van der Waals surface area contributed by atoms with Crippen LogP contribution in [0.15, 0.2) is 21.5 Å². The topological polar surface area (TPSA) is 63.4 Å². The normalized spacial score (nSPS) is 12.4. The molecule has 0 radical (unpaired) electrons. The lowest BCUT2D eigenvalue weighted by Crippen LogP contribution is -2.34. The molecule has 0 atom stereocenters. The van der Waals surface area contributed by atoms with Crippen molar-refractivity contribution in [1.82, 2.24) is 4.31 Å². The van der Waals surface area contributed by atoms with Crippen LogP contribution in [-0.2, 0) is 10.0 Å². The second-order valence-electron chi connectivity index (χ2n) is 4.65. The number of nitrogens with two attached hydrogens (primary N) is 1. The summed E-state index contributed by atoms with van der Waals surface area (Å²) < 4.78 is 39.7. The van der Waals surface area contributed by atoms with Crippen LogP contribution in [0, 0.1) is 11.7 Å². The van der Waals surface area contributed by atoms with Crippen LogP contribution >= 0.6 is 15.9 Å². The zero-order valence-corrected chi connectivity index (χ0v) is 13.6. The summed E-state index contributed by atoms with van der Waals surface area (Å²) in [6.45, 7) is 6.36. The SMILES string of the molecule is CCN(CC(C)C)S(=O)(=O)c1cc(Br)c(F)cc1N. The van der Waals surface area contributed by atoms with Gasteiger partial charge in [0.1, 0.15) is 10.7 Å². The van der Waals surface area contributed by atoms with Gasteiger partial charge in [-0.15, -0.1) is 0 Å². The summed E-state index contributed by atoms with van der Waals surface area (Å²) in [5.74, 6) is -0.386. The molecule has 108 valence electrons. The van der Waals surface area contributed by atoms with E-state index >= 15 is 0 Å². The number of benzene rings is 1. The third-order valence-electron chi connectivity index (χ3n) is 2.59. The third-order valence-corrected chi connectivity index (χ3v) is 5.20. The fraction of sp³-hybridized carbons (Fsp3) is 0.500. The van der Waals surface area contributed by atoms with Crippen molar-refractivity contribution >= 4 is 31.6 Å². The van der Waals surface area contributed by atoms with Gasteiger partial charge in [0.15, 0.2) is 0 Å². The summed E-state index contributed by atoms with van der Waals surface area (Å²) in [4.78, 5) is -0.0664. The Morgan fingerprint density at radius 1 is 1.42 bits per heavy atom. The van der Waals surface area contributed by atoms with E-state index in [2.05, 4.69) is 15.9 Å². The van der Waals surface area contributed by atoms with Gasteiger partial charge in [-0.1, -0.05) is 20.8 Å². The van der Waals surface area contributed by atoms with Crippen LogP contribution in [0.2, 0.25) is 0 Å². The van der Waals surface area contributed by atoms with E-state index in [0.29, 0.717) is 13.1 Å². The molecular weight excluding hydrogens is 335 g/mol. The van der Waals surface area contributed by atoms with E-state index in [-0.39, 0.29) is 21.0 Å². The molecule has 0 bridgehead atoms. The molecule has 0 fully saturated rings. The summed E-state index contributed by atoms with van der Waals surface area (Å²) in [5.41, 5.74) is 5.55. The molecule has 0 saturated carbocycles. The van der Waals surface area contributed by atoms with Crippen molar-refractivity contribution in [3.05, 3.63) is 22.4 Å². The summed E-state index contributed by atoms with van der Waals surface area (Å²) in [7, 11) is -3.70. The summed E-state index contributed by atoms with van der Waals surface area (Å²) in [6, 6.07) is 2.23. The average Bonchev–Trinajstić information content (AvgIpc) is 2.30. The molecule has 2 N–H and O–H groups in total. The molecular formula is C12H18BrFN2O2S. The lowest BCUT2D eigenvalue weighted by molar-refractivity contribution is 0.381. The molecule has 7 heteroatoms. The molecule has 0 aliphatic carbocycles. The first-order valence-corrected chi connectivity index (χ1v) is 8.18. The molecule has 0 aromatic heterocycles. The van der Waals surface area contributed by atoms with Crippen molar-refractivity contribution in [3.63, 3.8) is 0 Å². The van der Waals surface area contributed by atoms with Crippen LogP contribution < -0.4 is 5.73 Å². The lowest BCUT2D eigenvalue weighted by atomic mass is 10.2. The van der Waals surface area contributed by atoms with Gasteiger partial charge in [-0.3, -0.25) is 0 Å². The van der Waals surface area contributed by atoms with E-state index in [1.54, 1.807) is 6.92 Å². The molecule has 0 amide bonds. The average molecular weight is 353 g/mol. The highest BCUT2D eigenvalue weighted by molar-refractivity contribution is 9.10. The number of hydrogen-bond acceptors (Lipinski definition) is 3. The van der Waals surface area contributed by atoms with Crippen LogP contribution in [0.3, 0.4) is 0 Å². The zero-order chi connectivity index (χ0) is 14.8. The fourth-order valence-corrected chi connectivity index (χ4v) is 3.94. The van der Waals surface area contributed by atoms with E-state index in [4.69, 9.17) is 5.73 Å². The maximum atomic E-state index is 13.3. The van der Waals surface area contributed by atoms with Gasteiger partial charge >= 0.3 is 0 Å². The maximum absolute atomic E-state index is 13.3. The van der Waals surface area contributed by atoms with E-state index in [9.17, 15) is 12.8 Å². The van der Waals surface area contributed by atoms with Gasteiger partial charge in [-0.05, 0) is 34.0 Å². The van der Waals surface area contributed by atoms with Gasteiger partial charge in [0.05, 0.1) is 10.2 Å². The van der Waals surface area contributed by atoms with Gasteiger partial charge in [-0.25, -0.2) is 12.8 Å². The van der Waals surface area contributed by atoms with Crippen molar-refractivity contribution in [3.8, 4) is 0 Å². The van der Waals surface area contributed by atoms with E-state index in [0.717, 1.165) is 6.07 Å². The van der Waals surface area contributed by atoms with Gasteiger partial charge in [-0.2, -0.15) is 4.31 Å². The Balaban J connectivity index is 3.30. The Hall–Kier alpha value is -0.660. The molecule has 0 aliphatic heterocycles. The Bertz CT molecular complexity index is 561. The van der Waals surface area contributed by atoms with Crippen molar-refractivity contribution < 1.29 is 12.8 Å². The lowest BCUT2D eigenvalue weighted by Gasteiger charge is -2.23. The van der Waals surface area contributed by atoms with Crippen LogP contribution in [0.1, 0.15) is 20.8 Å². The zero-order valence-electron chi connectivity index (χ0n) is 11.2.